The lowest BCUT2D eigenvalue weighted by Gasteiger charge is -2.18. The molecule has 96 valence electrons. The largest absolute Gasteiger partial charge is 0.395 e. The summed E-state index contributed by atoms with van der Waals surface area (Å²) < 4.78 is 0. The summed E-state index contributed by atoms with van der Waals surface area (Å²) >= 11 is 1.58. The van der Waals surface area contributed by atoms with Gasteiger partial charge in [0.25, 0.3) is 0 Å². The van der Waals surface area contributed by atoms with Gasteiger partial charge in [-0.3, -0.25) is 0 Å². The standard InChI is InChI=1S/C12H21N3OS/c1-8(2)13-11(6-16)7-17-12-14-9(3)5-10(4)15-12/h5,8,11,13,16H,6-7H2,1-4H3. The second-order valence-electron chi connectivity index (χ2n) is 4.45. The van der Waals surface area contributed by atoms with Crippen molar-refractivity contribution < 1.29 is 5.11 Å². The minimum absolute atomic E-state index is 0.0874. The highest BCUT2D eigenvalue weighted by molar-refractivity contribution is 7.99. The molecule has 1 heterocycles. The minimum atomic E-state index is 0.0874. The summed E-state index contributed by atoms with van der Waals surface area (Å²) in [5, 5.41) is 13.3. The van der Waals surface area contributed by atoms with Crippen LogP contribution in [0.2, 0.25) is 0 Å². The van der Waals surface area contributed by atoms with Crippen LogP contribution in [0, 0.1) is 13.8 Å². The van der Waals surface area contributed by atoms with Crippen molar-refractivity contribution in [2.24, 2.45) is 0 Å². The van der Waals surface area contributed by atoms with Gasteiger partial charge in [0.1, 0.15) is 0 Å². The van der Waals surface area contributed by atoms with Gasteiger partial charge in [-0.15, -0.1) is 0 Å². The number of nitrogens with one attached hydrogen (secondary N) is 1. The smallest absolute Gasteiger partial charge is 0.188 e. The molecular weight excluding hydrogens is 234 g/mol. The average Bonchev–Trinajstić information content (AvgIpc) is 2.22. The number of thioether (sulfide) groups is 1. The molecule has 0 saturated heterocycles. The molecule has 1 aromatic rings. The first kappa shape index (κ1) is 14.4. The number of aliphatic hydroxyl groups excluding tert-OH is 1. The average molecular weight is 255 g/mol. The Hall–Kier alpha value is -0.650. The van der Waals surface area contributed by atoms with Crippen molar-refractivity contribution in [3.63, 3.8) is 0 Å². The number of aliphatic hydroxyl groups is 1. The second kappa shape index (κ2) is 6.93. The quantitative estimate of drug-likeness (QED) is 0.596. The van der Waals surface area contributed by atoms with E-state index >= 15 is 0 Å². The predicted molar refractivity (Wildman–Crippen MR) is 71.4 cm³/mol. The van der Waals surface area contributed by atoms with E-state index in [1.807, 2.05) is 19.9 Å². The van der Waals surface area contributed by atoms with Crippen LogP contribution in [-0.2, 0) is 0 Å². The molecule has 0 aliphatic rings. The maximum absolute atomic E-state index is 9.25. The highest BCUT2D eigenvalue weighted by Gasteiger charge is 2.10. The summed E-state index contributed by atoms with van der Waals surface area (Å²) in [5.74, 6) is 0.775. The molecule has 0 spiro atoms. The fourth-order valence-corrected chi connectivity index (χ4v) is 2.53. The Labute approximate surface area is 107 Å². The Morgan fingerprint density at radius 2 is 1.88 bits per heavy atom. The Balaban J connectivity index is 2.53. The molecule has 0 aliphatic heterocycles. The molecule has 0 fully saturated rings. The molecule has 1 aromatic heterocycles. The van der Waals surface area contributed by atoms with Crippen LogP contribution in [0.1, 0.15) is 25.2 Å². The van der Waals surface area contributed by atoms with Crippen LogP contribution in [0.4, 0.5) is 0 Å². The Morgan fingerprint density at radius 3 is 2.35 bits per heavy atom. The van der Waals surface area contributed by atoms with E-state index in [0.717, 1.165) is 22.3 Å². The van der Waals surface area contributed by atoms with Gasteiger partial charge in [0.05, 0.1) is 6.61 Å². The SMILES string of the molecule is Cc1cc(C)nc(SCC(CO)NC(C)C)n1. The monoisotopic (exact) mass is 255 g/mol. The van der Waals surface area contributed by atoms with Crippen LogP contribution < -0.4 is 5.32 Å². The van der Waals surface area contributed by atoms with Crippen LogP contribution in [-0.4, -0.2) is 39.5 Å². The first-order chi connectivity index (χ1) is 8.01. The van der Waals surface area contributed by atoms with Crippen molar-refractivity contribution in [2.45, 2.75) is 44.9 Å². The van der Waals surface area contributed by atoms with Crippen molar-refractivity contribution in [3.8, 4) is 0 Å². The lowest BCUT2D eigenvalue weighted by molar-refractivity contribution is 0.247. The van der Waals surface area contributed by atoms with Crippen molar-refractivity contribution in [2.75, 3.05) is 12.4 Å². The van der Waals surface area contributed by atoms with Gasteiger partial charge >= 0.3 is 0 Å². The van der Waals surface area contributed by atoms with E-state index < -0.39 is 0 Å². The normalized spacial score (nSPS) is 13.1. The van der Waals surface area contributed by atoms with Gasteiger partial charge in [-0.2, -0.15) is 0 Å². The van der Waals surface area contributed by atoms with E-state index in [-0.39, 0.29) is 12.6 Å². The molecule has 0 saturated carbocycles. The molecular formula is C12H21N3OS. The number of aryl methyl sites for hydroxylation is 2. The molecule has 0 radical (unpaired) electrons. The summed E-state index contributed by atoms with van der Waals surface area (Å²) in [6.45, 7) is 8.21. The number of nitrogens with zero attached hydrogens (tertiary/aromatic N) is 2. The van der Waals surface area contributed by atoms with Gasteiger partial charge in [-0.25, -0.2) is 9.97 Å². The van der Waals surface area contributed by atoms with Crippen LogP contribution in [0.25, 0.3) is 0 Å². The highest BCUT2D eigenvalue weighted by Crippen LogP contribution is 2.15. The van der Waals surface area contributed by atoms with Crippen molar-refractivity contribution in [1.82, 2.24) is 15.3 Å². The third-order valence-electron chi connectivity index (χ3n) is 2.16. The van der Waals surface area contributed by atoms with E-state index in [4.69, 9.17) is 0 Å². The maximum atomic E-state index is 9.25. The molecule has 0 aromatic carbocycles. The summed E-state index contributed by atoms with van der Waals surface area (Å²) in [5.41, 5.74) is 1.97. The highest BCUT2D eigenvalue weighted by atomic mass is 32.2. The van der Waals surface area contributed by atoms with E-state index in [1.54, 1.807) is 11.8 Å². The van der Waals surface area contributed by atoms with E-state index in [0.29, 0.717) is 6.04 Å². The zero-order valence-corrected chi connectivity index (χ0v) is 11.7. The fourth-order valence-electron chi connectivity index (χ4n) is 1.56. The second-order valence-corrected chi connectivity index (χ2v) is 5.43. The van der Waals surface area contributed by atoms with Gasteiger partial charge < -0.3 is 10.4 Å². The summed E-state index contributed by atoms with van der Waals surface area (Å²) in [6, 6.07) is 2.41. The third-order valence-corrected chi connectivity index (χ3v) is 3.17. The van der Waals surface area contributed by atoms with Crippen LogP contribution in [0.3, 0.4) is 0 Å². The van der Waals surface area contributed by atoms with Gasteiger partial charge in [0.2, 0.25) is 0 Å². The van der Waals surface area contributed by atoms with E-state index in [2.05, 4.69) is 29.1 Å². The molecule has 1 unspecified atom stereocenters. The van der Waals surface area contributed by atoms with Gasteiger partial charge in [-0.05, 0) is 19.9 Å². The lowest BCUT2D eigenvalue weighted by atomic mass is 10.3. The number of rotatable bonds is 6. The van der Waals surface area contributed by atoms with Crippen LogP contribution in [0.5, 0.6) is 0 Å². The zero-order chi connectivity index (χ0) is 12.8. The molecule has 17 heavy (non-hydrogen) atoms. The number of hydrogen-bond donors (Lipinski definition) is 2. The minimum Gasteiger partial charge on any atom is -0.395 e. The molecule has 1 rings (SSSR count). The molecule has 0 amide bonds. The number of hydrogen-bond acceptors (Lipinski definition) is 5. The van der Waals surface area contributed by atoms with Gasteiger partial charge in [0, 0.05) is 29.2 Å². The molecule has 0 bridgehead atoms. The summed E-state index contributed by atoms with van der Waals surface area (Å²) in [4.78, 5) is 8.72. The van der Waals surface area contributed by atoms with Crippen molar-refractivity contribution in [3.05, 3.63) is 17.5 Å². The maximum Gasteiger partial charge on any atom is 0.188 e. The van der Waals surface area contributed by atoms with Gasteiger partial charge in [0.15, 0.2) is 5.16 Å². The number of aromatic nitrogens is 2. The first-order valence-electron chi connectivity index (χ1n) is 5.83. The van der Waals surface area contributed by atoms with Gasteiger partial charge in [-0.1, -0.05) is 25.6 Å². The predicted octanol–water partition coefficient (Wildman–Crippen LogP) is 1.54. The van der Waals surface area contributed by atoms with Crippen molar-refractivity contribution in [1.29, 1.82) is 0 Å². The van der Waals surface area contributed by atoms with Crippen LogP contribution >= 0.6 is 11.8 Å². The molecule has 2 N–H and O–H groups in total. The summed E-state index contributed by atoms with van der Waals surface area (Å²) in [6.07, 6.45) is 0. The third kappa shape index (κ3) is 5.48. The fraction of sp³-hybridized carbons (Fsp3) is 0.667. The van der Waals surface area contributed by atoms with Crippen LogP contribution in [0.15, 0.2) is 11.2 Å². The Bertz CT molecular complexity index is 337. The summed E-state index contributed by atoms with van der Waals surface area (Å²) in [7, 11) is 0. The Morgan fingerprint density at radius 1 is 1.29 bits per heavy atom. The van der Waals surface area contributed by atoms with Crippen molar-refractivity contribution >= 4 is 11.8 Å². The topological polar surface area (TPSA) is 58.0 Å². The van der Waals surface area contributed by atoms with E-state index in [1.165, 1.54) is 0 Å². The van der Waals surface area contributed by atoms with E-state index in [9.17, 15) is 5.11 Å². The Kier molecular flexibility index (Phi) is 5.88. The first-order valence-corrected chi connectivity index (χ1v) is 6.81. The lowest BCUT2D eigenvalue weighted by Crippen LogP contribution is -2.39. The molecule has 0 aliphatic carbocycles. The molecule has 1 atom stereocenters. The zero-order valence-electron chi connectivity index (χ0n) is 10.9. The molecule has 5 heteroatoms. The molecule has 4 nitrogen and oxygen atoms in total.